The van der Waals surface area contributed by atoms with E-state index in [2.05, 4.69) is 5.32 Å². The lowest BCUT2D eigenvalue weighted by Crippen LogP contribution is -2.48. The van der Waals surface area contributed by atoms with Gasteiger partial charge in [-0.3, -0.25) is 9.10 Å². The molecular formula is C19H22N2O5S. The summed E-state index contributed by atoms with van der Waals surface area (Å²) in [5.74, 6) is 0.424. The van der Waals surface area contributed by atoms with Crippen LogP contribution < -0.4 is 19.1 Å². The normalized spacial score (nSPS) is 16.3. The fourth-order valence-corrected chi connectivity index (χ4v) is 3.85. The first kappa shape index (κ1) is 19.0. The summed E-state index contributed by atoms with van der Waals surface area (Å²) in [5, 5.41) is 2.78. The van der Waals surface area contributed by atoms with Crippen LogP contribution >= 0.6 is 0 Å². The van der Waals surface area contributed by atoms with E-state index in [-0.39, 0.29) is 6.54 Å². The predicted octanol–water partition coefficient (Wildman–Crippen LogP) is 2.48. The molecule has 3 rings (SSSR count). The third-order valence-corrected chi connectivity index (χ3v) is 5.44. The highest BCUT2D eigenvalue weighted by atomic mass is 32.2. The van der Waals surface area contributed by atoms with Gasteiger partial charge in [0.1, 0.15) is 11.5 Å². The number of anilines is 2. The Hall–Kier alpha value is -2.74. The fraction of sp³-hybridized carbons (Fsp3) is 0.316. The first-order valence-electron chi connectivity index (χ1n) is 8.39. The zero-order valence-corrected chi connectivity index (χ0v) is 16.5. The van der Waals surface area contributed by atoms with Gasteiger partial charge in [0.05, 0.1) is 31.3 Å². The van der Waals surface area contributed by atoms with Crippen molar-refractivity contribution in [3.8, 4) is 11.5 Å². The Morgan fingerprint density at radius 2 is 1.85 bits per heavy atom. The van der Waals surface area contributed by atoms with E-state index in [0.717, 1.165) is 17.4 Å². The third-order valence-electron chi connectivity index (χ3n) is 4.29. The van der Waals surface area contributed by atoms with Gasteiger partial charge in [0.15, 0.2) is 6.10 Å². The molecule has 1 aliphatic heterocycles. The number of nitrogens with zero attached hydrogens (tertiary/aromatic N) is 1. The van der Waals surface area contributed by atoms with Crippen LogP contribution in [0, 0.1) is 13.8 Å². The largest absolute Gasteiger partial charge is 0.495 e. The molecule has 2 aromatic carbocycles. The Morgan fingerprint density at radius 3 is 2.52 bits per heavy atom. The van der Waals surface area contributed by atoms with Crippen molar-refractivity contribution in [3.05, 3.63) is 47.5 Å². The number of aryl methyl sites for hydroxylation is 2. The van der Waals surface area contributed by atoms with Crippen molar-refractivity contribution < 1.29 is 22.7 Å². The molecule has 0 aromatic heterocycles. The Labute approximate surface area is 158 Å². The minimum atomic E-state index is -3.57. The van der Waals surface area contributed by atoms with Crippen LogP contribution in [0.5, 0.6) is 11.5 Å². The molecule has 0 saturated heterocycles. The maximum absolute atomic E-state index is 12.8. The minimum Gasteiger partial charge on any atom is -0.495 e. The number of nitrogens with one attached hydrogen (secondary N) is 1. The zero-order valence-electron chi connectivity index (χ0n) is 15.6. The van der Waals surface area contributed by atoms with Crippen molar-refractivity contribution in [3.63, 3.8) is 0 Å². The minimum absolute atomic E-state index is 0.102. The summed E-state index contributed by atoms with van der Waals surface area (Å²) in [4.78, 5) is 12.8. The monoisotopic (exact) mass is 390 g/mol. The van der Waals surface area contributed by atoms with E-state index in [4.69, 9.17) is 9.47 Å². The van der Waals surface area contributed by atoms with Crippen molar-refractivity contribution in [2.45, 2.75) is 20.0 Å². The number of methoxy groups -OCH3 is 1. The topological polar surface area (TPSA) is 84.9 Å². The van der Waals surface area contributed by atoms with Gasteiger partial charge in [-0.1, -0.05) is 12.1 Å². The van der Waals surface area contributed by atoms with Crippen LogP contribution in [0.15, 0.2) is 36.4 Å². The van der Waals surface area contributed by atoms with Crippen LogP contribution in [0.25, 0.3) is 0 Å². The summed E-state index contributed by atoms with van der Waals surface area (Å²) in [6.45, 7) is 3.66. The van der Waals surface area contributed by atoms with Crippen LogP contribution in [0.2, 0.25) is 0 Å². The fourth-order valence-electron chi connectivity index (χ4n) is 2.94. The highest BCUT2D eigenvalue weighted by Crippen LogP contribution is 2.36. The van der Waals surface area contributed by atoms with Gasteiger partial charge < -0.3 is 14.8 Å². The van der Waals surface area contributed by atoms with Gasteiger partial charge in [0, 0.05) is 0 Å². The van der Waals surface area contributed by atoms with E-state index in [0.29, 0.717) is 22.9 Å². The quantitative estimate of drug-likeness (QED) is 0.867. The second-order valence-electron chi connectivity index (χ2n) is 6.56. The van der Waals surface area contributed by atoms with Crippen molar-refractivity contribution in [1.82, 2.24) is 0 Å². The lowest BCUT2D eigenvalue weighted by Gasteiger charge is -2.34. The molecule has 1 N–H and O–H groups in total. The second-order valence-corrected chi connectivity index (χ2v) is 8.47. The summed E-state index contributed by atoms with van der Waals surface area (Å²) < 4.78 is 36.8. The van der Waals surface area contributed by atoms with Crippen molar-refractivity contribution in [2.24, 2.45) is 0 Å². The number of ether oxygens (including phenoxy) is 2. The van der Waals surface area contributed by atoms with Gasteiger partial charge >= 0.3 is 0 Å². The summed E-state index contributed by atoms with van der Waals surface area (Å²) in [6, 6.07) is 10.6. The number of carbonyl (C=O) groups excluding carboxylic acids is 1. The molecule has 144 valence electrons. The molecule has 0 saturated carbocycles. The van der Waals surface area contributed by atoms with Crippen LogP contribution in [0.4, 0.5) is 11.4 Å². The van der Waals surface area contributed by atoms with Crippen LogP contribution in [-0.4, -0.2) is 40.3 Å². The van der Waals surface area contributed by atoms with E-state index < -0.39 is 22.0 Å². The maximum Gasteiger partial charge on any atom is 0.267 e. The highest BCUT2D eigenvalue weighted by Gasteiger charge is 2.35. The molecule has 1 atom stereocenters. The molecule has 0 spiro atoms. The summed E-state index contributed by atoms with van der Waals surface area (Å²) >= 11 is 0. The molecule has 8 heteroatoms. The Balaban J connectivity index is 1.91. The average Bonchev–Trinajstić information content (AvgIpc) is 2.60. The van der Waals surface area contributed by atoms with Crippen molar-refractivity contribution in [1.29, 1.82) is 0 Å². The number of hydrogen-bond donors (Lipinski definition) is 1. The summed E-state index contributed by atoms with van der Waals surface area (Å²) in [7, 11) is -2.05. The molecule has 0 aliphatic carbocycles. The van der Waals surface area contributed by atoms with Crippen LogP contribution in [0.1, 0.15) is 11.1 Å². The summed E-state index contributed by atoms with van der Waals surface area (Å²) in [5.41, 5.74) is 2.80. The molecule has 1 unspecified atom stereocenters. The second kappa shape index (κ2) is 7.11. The van der Waals surface area contributed by atoms with Gasteiger partial charge in [-0.25, -0.2) is 8.42 Å². The Kier molecular flexibility index (Phi) is 5.01. The molecule has 1 aliphatic rings. The van der Waals surface area contributed by atoms with E-state index in [1.54, 1.807) is 24.3 Å². The number of rotatable bonds is 4. The number of sulfonamides is 1. The van der Waals surface area contributed by atoms with Crippen molar-refractivity contribution in [2.75, 3.05) is 29.5 Å². The Bertz CT molecular complexity index is 988. The van der Waals surface area contributed by atoms with Gasteiger partial charge in [-0.2, -0.15) is 0 Å². The maximum atomic E-state index is 12.8. The molecule has 7 nitrogen and oxygen atoms in total. The first-order chi connectivity index (χ1) is 12.7. The predicted molar refractivity (Wildman–Crippen MR) is 104 cm³/mol. The smallest absolute Gasteiger partial charge is 0.267 e. The van der Waals surface area contributed by atoms with E-state index >= 15 is 0 Å². The first-order valence-corrected chi connectivity index (χ1v) is 10.2. The summed E-state index contributed by atoms with van der Waals surface area (Å²) in [6.07, 6.45) is 0.128. The standard InChI is InChI=1S/C19H22N2O5S/c1-12-5-7-16(25-3)14(9-12)20-19(22)18-11-21(27(4,23)24)15-10-13(2)6-8-17(15)26-18/h5-10,18H,11H2,1-4H3,(H,20,22). The SMILES string of the molecule is COc1ccc(C)cc1NC(=O)C1CN(S(C)(=O)=O)c2cc(C)ccc2O1. The van der Waals surface area contributed by atoms with E-state index in [9.17, 15) is 13.2 Å². The molecule has 0 fully saturated rings. The number of amides is 1. The number of carbonyl (C=O) groups is 1. The lowest BCUT2D eigenvalue weighted by molar-refractivity contribution is -0.122. The molecule has 2 aromatic rings. The van der Waals surface area contributed by atoms with Gasteiger partial charge in [-0.05, 0) is 49.2 Å². The van der Waals surface area contributed by atoms with Crippen LogP contribution in [0.3, 0.4) is 0 Å². The van der Waals surface area contributed by atoms with Gasteiger partial charge in [0.2, 0.25) is 10.0 Å². The number of fused-ring (bicyclic) bond motifs is 1. The zero-order chi connectivity index (χ0) is 19.8. The third kappa shape index (κ3) is 4.00. The molecular weight excluding hydrogens is 368 g/mol. The molecule has 1 heterocycles. The van der Waals surface area contributed by atoms with Crippen LogP contribution in [-0.2, 0) is 14.8 Å². The average molecular weight is 390 g/mol. The van der Waals surface area contributed by atoms with Crippen molar-refractivity contribution >= 4 is 27.3 Å². The number of hydrogen-bond acceptors (Lipinski definition) is 5. The lowest BCUT2D eigenvalue weighted by atomic mass is 10.1. The Morgan fingerprint density at radius 1 is 1.19 bits per heavy atom. The van der Waals surface area contributed by atoms with E-state index in [1.807, 2.05) is 26.0 Å². The van der Waals surface area contributed by atoms with Gasteiger partial charge in [-0.15, -0.1) is 0 Å². The molecule has 0 bridgehead atoms. The highest BCUT2D eigenvalue weighted by molar-refractivity contribution is 7.92. The van der Waals surface area contributed by atoms with Gasteiger partial charge in [0.25, 0.3) is 5.91 Å². The molecule has 1 amide bonds. The molecule has 27 heavy (non-hydrogen) atoms. The van der Waals surface area contributed by atoms with E-state index in [1.165, 1.54) is 11.4 Å². The molecule has 0 radical (unpaired) electrons. The number of benzene rings is 2.